The molecule has 1 aliphatic rings. The molecule has 0 N–H and O–H groups in total. The highest BCUT2D eigenvalue weighted by molar-refractivity contribution is 8.17. The van der Waals surface area contributed by atoms with Gasteiger partial charge in [0.1, 0.15) is 11.5 Å². The highest BCUT2D eigenvalue weighted by Gasteiger charge is 2.31. The van der Waals surface area contributed by atoms with Gasteiger partial charge in [-0.2, -0.15) is 0 Å². The van der Waals surface area contributed by atoms with Gasteiger partial charge in [0.15, 0.2) is 5.78 Å². The summed E-state index contributed by atoms with van der Waals surface area (Å²) in [6, 6.07) is 13.7. The molecule has 0 atom stereocenters. The highest BCUT2D eigenvalue weighted by Crippen LogP contribution is 2.45. The molecule has 1 heterocycles. The lowest BCUT2D eigenvalue weighted by atomic mass is 9.84. The molecule has 7 heteroatoms. The van der Waals surface area contributed by atoms with Gasteiger partial charge in [-0.05, 0) is 68.3 Å². The summed E-state index contributed by atoms with van der Waals surface area (Å²) in [6.07, 6.45) is 0.208. The van der Waals surface area contributed by atoms with E-state index in [9.17, 15) is 9.59 Å². The normalized spacial score (nSPS) is 13.1. The first-order valence-corrected chi connectivity index (χ1v) is 12.1. The van der Waals surface area contributed by atoms with Crippen molar-refractivity contribution in [3.05, 3.63) is 75.5 Å². The zero-order valence-corrected chi connectivity index (χ0v) is 20.9. The van der Waals surface area contributed by atoms with Gasteiger partial charge in [-0.15, -0.1) is 0 Å². The monoisotopic (exact) mass is 476 g/mol. The Bertz CT molecular complexity index is 1250. The Morgan fingerprint density at radius 3 is 2.41 bits per heavy atom. The summed E-state index contributed by atoms with van der Waals surface area (Å²) in [7, 11) is 1.63. The second kappa shape index (κ2) is 9.89. The van der Waals surface area contributed by atoms with Crippen molar-refractivity contribution in [2.45, 2.75) is 34.1 Å². The number of thioether (sulfide) groups is 1. The molecule has 0 saturated heterocycles. The van der Waals surface area contributed by atoms with Crippen molar-refractivity contribution in [2.75, 3.05) is 20.2 Å². The maximum absolute atomic E-state index is 13.5. The molecule has 6 nitrogen and oxygen atoms in total. The van der Waals surface area contributed by atoms with E-state index in [4.69, 9.17) is 9.26 Å². The Balaban J connectivity index is 1.94. The first-order valence-electron chi connectivity index (χ1n) is 11.3. The third kappa shape index (κ3) is 4.28. The van der Waals surface area contributed by atoms with Crippen LogP contribution >= 0.6 is 11.8 Å². The number of methoxy groups -OCH3 is 1. The van der Waals surface area contributed by atoms with Crippen molar-refractivity contribution < 1.29 is 18.8 Å². The van der Waals surface area contributed by atoms with Crippen LogP contribution in [0.15, 0.2) is 51.9 Å². The smallest absolute Gasteiger partial charge is 0.286 e. The summed E-state index contributed by atoms with van der Waals surface area (Å²) in [6.45, 7) is 8.81. The van der Waals surface area contributed by atoms with E-state index in [-0.39, 0.29) is 17.4 Å². The number of ketones is 1. The predicted octanol–water partition coefficient (Wildman–Crippen LogP) is 6.05. The molecule has 0 bridgehead atoms. The topological polar surface area (TPSA) is 72.6 Å². The third-order valence-corrected chi connectivity index (χ3v) is 7.17. The fourth-order valence-electron chi connectivity index (χ4n) is 4.38. The number of ether oxygens (including phenoxy) is 1. The maximum Gasteiger partial charge on any atom is 0.286 e. The van der Waals surface area contributed by atoms with Crippen LogP contribution in [0.4, 0.5) is 4.79 Å². The number of benzene rings is 2. The second-order valence-corrected chi connectivity index (χ2v) is 9.08. The Hall–Kier alpha value is -3.32. The molecular weight excluding hydrogens is 448 g/mol. The molecule has 34 heavy (non-hydrogen) atoms. The number of hydrogen-bond acceptors (Lipinski definition) is 6. The van der Waals surface area contributed by atoms with Gasteiger partial charge >= 0.3 is 0 Å². The first-order chi connectivity index (χ1) is 16.4. The van der Waals surface area contributed by atoms with Crippen LogP contribution in [0.2, 0.25) is 0 Å². The minimum absolute atomic E-state index is 0.0632. The summed E-state index contributed by atoms with van der Waals surface area (Å²) >= 11 is 1.02. The van der Waals surface area contributed by atoms with Crippen molar-refractivity contribution >= 4 is 28.4 Å². The number of nitrogens with zero attached hydrogens (tertiary/aromatic N) is 2. The first kappa shape index (κ1) is 23.8. The second-order valence-electron chi connectivity index (χ2n) is 8.12. The van der Waals surface area contributed by atoms with Gasteiger partial charge in [-0.3, -0.25) is 9.59 Å². The number of amides is 1. The number of hydrogen-bond donors (Lipinski definition) is 0. The van der Waals surface area contributed by atoms with Crippen molar-refractivity contribution in [2.24, 2.45) is 0 Å². The van der Waals surface area contributed by atoms with Gasteiger partial charge in [0, 0.05) is 30.6 Å². The number of rotatable bonds is 6. The zero-order chi connectivity index (χ0) is 24.4. The van der Waals surface area contributed by atoms with Gasteiger partial charge in [-0.25, -0.2) is 0 Å². The number of carbonyl (C=O) groups is 2. The maximum atomic E-state index is 13.5. The van der Waals surface area contributed by atoms with E-state index in [1.807, 2.05) is 70.2 Å². The Morgan fingerprint density at radius 2 is 1.82 bits per heavy atom. The molecule has 3 aromatic rings. The molecule has 4 rings (SSSR count). The summed E-state index contributed by atoms with van der Waals surface area (Å²) in [5.74, 6) is 1.29. The SMILES string of the molecule is CCN(CC)C(=O)SC1=C(c2ccccc2)c2cc(OC)c(-c3c(C)noc3C)cc2CC1=O. The van der Waals surface area contributed by atoms with Gasteiger partial charge in [0.25, 0.3) is 5.24 Å². The van der Waals surface area contributed by atoms with E-state index < -0.39 is 0 Å². The lowest BCUT2D eigenvalue weighted by Gasteiger charge is -2.26. The summed E-state index contributed by atoms with van der Waals surface area (Å²) < 4.78 is 11.2. The van der Waals surface area contributed by atoms with Crippen LogP contribution in [0.25, 0.3) is 16.7 Å². The zero-order valence-electron chi connectivity index (χ0n) is 20.1. The molecule has 1 aliphatic carbocycles. The third-order valence-electron chi connectivity index (χ3n) is 6.10. The molecule has 1 aromatic heterocycles. The van der Waals surface area contributed by atoms with Crippen LogP contribution in [0, 0.1) is 13.8 Å². The number of fused-ring (bicyclic) bond motifs is 1. The van der Waals surface area contributed by atoms with Crippen LogP contribution in [-0.2, 0) is 11.2 Å². The van der Waals surface area contributed by atoms with E-state index in [0.29, 0.717) is 29.5 Å². The van der Waals surface area contributed by atoms with Gasteiger partial charge < -0.3 is 14.2 Å². The molecule has 0 radical (unpaired) electrons. The van der Waals surface area contributed by atoms with Crippen LogP contribution in [-0.4, -0.2) is 41.3 Å². The quantitative estimate of drug-likeness (QED) is 0.431. The van der Waals surface area contributed by atoms with Crippen molar-refractivity contribution in [1.82, 2.24) is 10.1 Å². The molecule has 0 saturated carbocycles. The van der Waals surface area contributed by atoms with Gasteiger partial charge in [0.2, 0.25) is 0 Å². The van der Waals surface area contributed by atoms with Crippen LogP contribution < -0.4 is 4.74 Å². The van der Waals surface area contributed by atoms with E-state index >= 15 is 0 Å². The average molecular weight is 477 g/mol. The Labute approximate surface area is 204 Å². The van der Waals surface area contributed by atoms with E-state index in [1.165, 1.54) is 0 Å². The molecule has 0 fully saturated rings. The molecular formula is C27H28N2O4S. The number of Topliss-reactive ketones (excluding diaryl/α,β-unsaturated/α-hetero) is 1. The Kier molecular flexibility index (Phi) is 6.93. The highest BCUT2D eigenvalue weighted by atomic mass is 32.2. The van der Waals surface area contributed by atoms with Crippen LogP contribution in [0.5, 0.6) is 5.75 Å². The number of carbonyl (C=O) groups excluding carboxylic acids is 2. The fraction of sp³-hybridized carbons (Fsp3) is 0.296. The van der Waals surface area contributed by atoms with Gasteiger partial charge in [-0.1, -0.05) is 35.5 Å². The molecule has 0 unspecified atom stereocenters. The Morgan fingerprint density at radius 1 is 1.12 bits per heavy atom. The van der Waals surface area contributed by atoms with E-state index in [1.54, 1.807) is 12.0 Å². The lowest BCUT2D eigenvalue weighted by molar-refractivity contribution is -0.114. The predicted molar refractivity (Wildman–Crippen MR) is 135 cm³/mol. The number of aromatic nitrogens is 1. The molecule has 176 valence electrons. The standard InChI is InChI=1S/C27H28N2O4S/c1-6-29(7-2)27(31)34-26-22(30)14-19-13-21(24-16(3)28-33-17(24)4)23(32-5)15-20(19)25(26)18-11-9-8-10-12-18/h8-13,15H,6-7,14H2,1-5H3. The minimum atomic E-state index is -0.121. The summed E-state index contributed by atoms with van der Waals surface area (Å²) in [5, 5.41) is 3.96. The fourth-order valence-corrected chi connectivity index (χ4v) is 5.46. The van der Waals surface area contributed by atoms with Crippen LogP contribution in [0.3, 0.4) is 0 Å². The number of allylic oxidation sites excluding steroid dienone is 1. The van der Waals surface area contributed by atoms with Crippen molar-refractivity contribution in [3.8, 4) is 16.9 Å². The van der Waals surface area contributed by atoms with E-state index in [0.717, 1.165) is 50.8 Å². The van der Waals surface area contributed by atoms with Crippen LogP contribution in [0.1, 0.15) is 42.0 Å². The molecule has 0 aliphatic heterocycles. The van der Waals surface area contributed by atoms with Crippen molar-refractivity contribution in [3.63, 3.8) is 0 Å². The molecule has 2 aromatic carbocycles. The summed E-state index contributed by atoms with van der Waals surface area (Å²) in [4.78, 5) is 28.6. The van der Waals surface area contributed by atoms with Crippen molar-refractivity contribution in [1.29, 1.82) is 0 Å². The average Bonchev–Trinajstić information content (AvgIpc) is 3.17. The van der Waals surface area contributed by atoms with E-state index in [2.05, 4.69) is 5.16 Å². The lowest BCUT2D eigenvalue weighted by Crippen LogP contribution is -2.28. The molecule has 1 amide bonds. The van der Waals surface area contributed by atoms with Gasteiger partial charge in [0.05, 0.1) is 23.3 Å². The largest absolute Gasteiger partial charge is 0.496 e. The minimum Gasteiger partial charge on any atom is -0.496 e. The number of aryl methyl sites for hydroxylation is 2. The molecule has 0 spiro atoms. The summed E-state index contributed by atoms with van der Waals surface area (Å²) in [5.41, 5.74) is 5.91.